The molecular weight excluding hydrogens is 361 g/mol. The first kappa shape index (κ1) is 20.0. The van der Waals surface area contributed by atoms with Gasteiger partial charge in [-0.25, -0.2) is 0 Å². The fourth-order valence-electron chi connectivity index (χ4n) is 2.76. The molecule has 1 N–H and O–H groups in total. The summed E-state index contributed by atoms with van der Waals surface area (Å²) in [4.78, 5) is 11.2. The Labute approximate surface area is 131 Å². The van der Waals surface area contributed by atoms with Crippen LogP contribution in [0.25, 0.3) is 0 Å². The van der Waals surface area contributed by atoms with Gasteiger partial charge in [0.1, 0.15) is 5.41 Å². The zero-order valence-electron chi connectivity index (χ0n) is 11.7. The molecule has 0 aromatic heterocycles. The van der Waals surface area contributed by atoms with Gasteiger partial charge in [0.05, 0.1) is 5.92 Å². The van der Waals surface area contributed by atoms with Crippen molar-refractivity contribution in [2.45, 2.75) is 37.6 Å². The summed E-state index contributed by atoms with van der Waals surface area (Å²) in [5.41, 5.74) is -7.68. The van der Waals surface area contributed by atoms with Crippen molar-refractivity contribution in [2.24, 2.45) is 16.7 Å². The second-order valence-electron chi connectivity index (χ2n) is 5.65. The van der Waals surface area contributed by atoms with Crippen LogP contribution < -0.4 is 0 Å². The van der Waals surface area contributed by atoms with Gasteiger partial charge >= 0.3 is 24.2 Å². The third-order valence-corrected chi connectivity index (χ3v) is 4.46. The van der Waals surface area contributed by atoms with E-state index in [1.807, 2.05) is 0 Å². The number of alkyl halides is 8. The molecule has 0 spiro atoms. The molecular formula is C12H12ClF7O3. The number of hydrogen-bond donors (Lipinski definition) is 1. The first-order chi connectivity index (χ1) is 10.00. The molecule has 3 nitrogen and oxygen atoms in total. The quantitative estimate of drug-likeness (QED) is 0.430. The van der Waals surface area contributed by atoms with Crippen LogP contribution in [0.2, 0.25) is 0 Å². The molecule has 0 bridgehead atoms. The number of aliphatic carboxylic acids is 1. The first-order valence-electron chi connectivity index (χ1n) is 6.01. The maximum Gasteiger partial charge on any atom is 0.457 e. The second kappa shape index (κ2) is 5.23. The molecule has 23 heavy (non-hydrogen) atoms. The Morgan fingerprint density at radius 3 is 1.96 bits per heavy atom. The third kappa shape index (κ3) is 2.69. The predicted molar refractivity (Wildman–Crippen MR) is 64.2 cm³/mol. The summed E-state index contributed by atoms with van der Waals surface area (Å²) in [5.74, 6) is -9.71. The minimum absolute atomic E-state index is 0.669. The van der Waals surface area contributed by atoms with Crippen LogP contribution in [0, 0.1) is 16.7 Å². The van der Waals surface area contributed by atoms with Crippen LogP contribution >= 0.6 is 11.6 Å². The van der Waals surface area contributed by atoms with Crippen LogP contribution in [-0.2, 0) is 9.53 Å². The Kier molecular flexibility index (Phi) is 4.56. The van der Waals surface area contributed by atoms with Crippen LogP contribution in [0.4, 0.5) is 30.7 Å². The molecule has 0 amide bonds. The van der Waals surface area contributed by atoms with Crippen molar-refractivity contribution >= 4 is 17.6 Å². The van der Waals surface area contributed by atoms with E-state index in [1.54, 1.807) is 0 Å². The van der Waals surface area contributed by atoms with E-state index in [9.17, 15) is 35.5 Å². The maximum absolute atomic E-state index is 14.0. The van der Waals surface area contributed by atoms with E-state index in [-0.39, 0.29) is 0 Å². The highest BCUT2D eigenvalue weighted by atomic mass is 35.5. The summed E-state index contributed by atoms with van der Waals surface area (Å²) in [6, 6.07) is 0. The van der Waals surface area contributed by atoms with Gasteiger partial charge in [0.25, 0.3) is 0 Å². The number of rotatable bonds is 6. The molecule has 0 saturated heterocycles. The minimum Gasteiger partial charge on any atom is -0.481 e. The fourth-order valence-corrected chi connectivity index (χ4v) is 3.00. The molecule has 11 heteroatoms. The standard InChI is InChI=1S/C12H12ClF7O3/c1-4-9(7(21)22)5(8(9,2)3)11(16,17)23-6(13)10(14,15)12(18,19)20/h4-6H,1H2,2-3H3,(H,21,22). The lowest BCUT2D eigenvalue weighted by Gasteiger charge is -2.28. The number of carboxylic acids is 1. The molecule has 0 aromatic carbocycles. The van der Waals surface area contributed by atoms with Gasteiger partial charge in [-0.1, -0.05) is 31.5 Å². The van der Waals surface area contributed by atoms with Crippen molar-refractivity contribution in [2.75, 3.05) is 0 Å². The van der Waals surface area contributed by atoms with Gasteiger partial charge in [0.15, 0.2) is 0 Å². The average molecular weight is 373 g/mol. The van der Waals surface area contributed by atoms with Gasteiger partial charge in [0.2, 0.25) is 5.56 Å². The molecule has 134 valence electrons. The Hall–Kier alpha value is -1.03. The zero-order valence-corrected chi connectivity index (χ0v) is 12.5. The van der Waals surface area contributed by atoms with Crippen molar-refractivity contribution in [1.82, 2.24) is 0 Å². The van der Waals surface area contributed by atoms with E-state index >= 15 is 0 Å². The topological polar surface area (TPSA) is 46.5 Å². The van der Waals surface area contributed by atoms with E-state index < -0.39 is 46.5 Å². The van der Waals surface area contributed by atoms with Crippen molar-refractivity contribution in [3.63, 3.8) is 0 Å². The third-order valence-electron chi connectivity index (χ3n) is 4.10. The normalized spacial score (nSPS) is 29.0. The Morgan fingerprint density at radius 1 is 1.26 bits per heavy atom. The lowest BCUT2D eigenvalue weighted by molar-refractivity contribution is -0.351. The van der Waals surface area contributed by atoms with E-state index in [4.69, 9.17) is 5.11 Å². The maximum atomic E-state index is 14.0. The highest BCUT2D eigenvalue weighted by Gasteiger charge is 2.83. The number of hydrogen-bond acceptors (Lipinski definition) is 2. The second-order valence-corrected chi connectivity index (χ2v) is 6.05. The monoisotopic (exact) mass is 372 g/mol. The largest absolute Gasteiger partial charge is 0.481 e. The van der Waals surface area contributed by atoms with Gasteiger partial charge in [-0.05, 0) is 5.41 Å². The molecule has 1 aliphatic carbocycles. The van der Waals surface area contributed by atoms with Crippen molar-refractivity contribution in [3.05, 3.63) is 12.7 Å². The summed E-state index contributed by atoms with van der Waals surface area (Å²) in [6.07, 6.45) is -10.2. The summed E-state index contributed by atoms with van der Waals surface area (Å²) >= 11 is 4.68. The van der Waals surface area contributed by atoms with Gasteiger partial charge in [-0.3, -0.25) is 9.53 Å². The average Bonchev–Trinajstić information content (AvgIpc) is 2.85. The minimum atomic E-state index is -6.21. The molecule has 1 fully saturated rings. The van der Waals surface area contributed by atoms with Crippen LogP contribution in [0.3, 0.4) is 0 Å². The summed E-state index contributed by atoms with van der Waals surface area (Å²) in [7, 11) is 0. The van der Waals surface area contributed by atoms with E-state index in [0.717, 1.165) is 13.8 Å². The number of ether oxygens (including phenoxy) is 1. The molecule has 1 rings (SSSR count). The highest BCUT2D eigenvalue weighted by Crippen LogP contribution is 2.74. The number of carbonyl (C=O) groups is 1. The highest BCUT2D eigenvalue weighted by molar-refractivity contribution is 6.20. The van der Waals surface area contributed by atoms with Gasteiger partial charge in [0, 0.05) is 0 Å². The van der Waals surface area contributed by atoms with Crippen molar-refractivity contribution < 1.29 is 45.4 Å². The van der Waals surface area contributed by atoms with E-state index in [0.29, 0.717) is 6.08 Å². The summed E-state index contributed by atoms with van der Waals surface area (Å²) < 4.78 is 93.6. The number of halogens is 8. The van der Waals surface area contributed by atoms with Gasteiger partial charge in [-0.15, -0.1) is 6.58 Å². The molecule has 1 aliphatic rings. The first-order valence-corrected chi connectivity index (χ1v) is 6.45. The van der Waals surface area contributed by atoms with E-state index in [1.165, 1.54) is 0 Å². The molecule has 0 aromatic rings. The zero-order chi connectivity index (χ0) is 18.6. The molecule has 0 heterocycles. The Morgan fingerprint density at radius 2 is 1.70 bits per heavy atom. The predicted octanol–water partition coefficient (Wildman–Crippen LogP) is 4.27. The fraction of sp³-hybridized carbons (Fsp3) is 0.750. The summed E-state index contributed by atoms with van der Waals surface area (Å²) in [6.45, 7) is 5.24. The lowest BCUT2D eigenvalue weighted by Crippen LogP contribution is -2.48. The van der Waals surface area contributed by atoms with E-state index in [2.05, 4.69) is 22.9 Å². The molecule has 3 unspecified atom stereocenters. The van der Waals surface area contributed by atoms with Crippen LogP contribution in [-0.4, -0.2) is 34.8 Å². The van der Waals surface area contributed by atoms with Crippen LogP contribution in [0.5, 0.6) is 0 Å². The van der Waals surface area contributed by atoms with Crippen LogP contribution in [0.1, 0.15) is 13.8 Å². The smallest absolute Gasteiger partial charge is 0.457 e. The number of carboxylic acid groups (broad SMARTS) is 1. The molecule has 0 radical (unpaired) electrons. The van der Waals surface area contributed by atoms with Crippen molar-refractivity contribution in [1.29, 1.82) is 0 Å². The van der Waals surface area contributed by atoms with Gasteiger partial charge in [-0.2, -0.15) is 30.7 Å². The lowest BCUT2D eigenvalue weighted by atomic mass is 9.96. The van der Waals surface area contributed by atoms with Crippen molar-refractivity contribution in [3.8, 4) is 0 Å². The van der Waals surface area contributed by atoms with Crippen LogP contribution in [0.15, 0.2) is 12.7 Å². The molecule has 1 saturated carbocycles. The Bertz CT molecular complexity index is 517. The Balaban J connectivity index is 3.11. The van der Waals surface area contributed by atoms with Gasteiger partial charge < -0.3 is 5.11 Å². The summed E-state index contributed by atoms with van der Waals surface area (Å²) in [5, 5.41) is 9.08. The molecule has 0 aliphatic heterocycles. The molecule has 3 atom stereocenters. The SMILES string of the molecule is C=CC1(C(=O)O)C(C(F)(F)OC(Cl)C(F)(F)C(F)(F)F)C1(C)C.